The quantitative estimate of drug-likeness (QED) is 0.149. The molecular weight excluding hydrogens is 784 g/mol. The summed E-state index contributed by atoms with van der Waals surface area (Å²) in [4.78, 5) is 7.43. The number of nitrogens with zero attached hydrogens (tertiary/aromatic N) is 4. The van der Waals surface area contributed by atoms with Crippen molar-refractivity contribution in [3.8, 4) is 11.4 Å². The zero-order valence-electron chi connectivity index (χ0n) is 34.6. The van der Waals surface area contributed by atoms with Gasteiger partial charge in [0.25, 0.3) is 0 Å². The van der Waals surface area contributed by atoms with E-state index in [1.807, 2.05) is 11.8 Å². The molecule has 0 radical (unpaired) electrons. The van der Waals surface area contributed by atoms with Crippen LogP contribution in [-0.4, -0.2) is 15.8 Å². The molecule has 6 heteroatoms. The van der Waals surface area contributed by atoms with E-state index < -0.39 is 0 Å². The standard InChI is InChI=1S/C57H39BN4S/c1-38-35-50-54-52(36-38)63-51-37-44(59(39-19-7-2-8-20-39)40-21-9-3-10-22-40)31-32-46(51)58(54)47-33-34-49(60(41-23-11-4-12-24-41)42-25-13-5-14-26-42)53-56(47)62(50)55-45-29-17-18-30-48(45)61(57(53)55)43-27-15-6-16-28-43/h2-37H,1H3. The first-order valence-electron chi connectivity index (χ1n) is 21.6. The smallest absolute Gasteiger partial charge is 0.249 e. The second-order valence-electron chi connectivity index (χ2n) is 16.6. The molecule has 9 aromatic carbocycles. The van der Waals surface area contributed by atoms with Gasteiger partial charge in [0.2, 0.25) is 6.71 Å². The largest absolute Gasteiger partial charge is 0.310 e. The summed E-state index contributed by atoms with van der Waals surface area (Å²) in [5.41, 5.74) is 19.4. The van der Waals surface area contributed by atoms with Crippen molar-refractivity contribution in [1.82, 2.24) is 9.13 Å². The second kappa shape index (κ2) is 14.2. The van der Waals surface area contributed by atoms with Crippen molar-refractivity contribution in [3.63, 3.8) is 0 Å². The van der Waals surface area contributed by atoms with Gasteiger partial charge in [0.15, 0.2) is 0 Å². The van der Waals surface area contributed by atoms with Crippen LogP contribution < -0.4 is 26.2 Å². The number of para-hydroxylation sites is 6. The molecule has 63 heavy (non-hydrogen) atoms. The number of rotatable bonds is 7. The summed E-state index contributed by atoms with van der Waals surface area (Å²) in [6.45, 7) is 2.29. The van der Waals surface area contributed by atoms with E-state index in [0.29, 0.717) is 0 Å². The zero-order valence-corrected chi connectivity index (χ0v) is 35.4. The topological polar surface area (TPSA) is 16.3 Å². The Hall–Kier alpha value is -7.67. The average molecular weight is 823 g/mol. The lowest BCUT2D eigenvalue weighted by Gasteiger charge is -2.35. The minimum atomic E-state index is 0.0317. The van der Waals surface area contributed by atoms with E-state index in [4.69, 9.17) is 0 Å². The zero-order chi connectivity index (χ0) is 41.6. The van der Waals surface area contributed by atoms with Crippen molar-refractivity contribution in [1.29, 1.82) is 0 Å². The molecule has 2 aliphatic heterocycles. The predicted octanol–water partition coefficient (Wildman–Crippen LogP) is 13.3. The monoisotopic (exact) mass is 822 g/mol. The lowest BCUT2D eigenvalue weighted by molar-refractivity contribution is 1.16. The van der Waals surface area contributed by atoms with Crippen LogP contribution in [-0.2, 0) is 0 Å². The molecular formula is C57H39BN4S. The van der Waals surface area contributed by atoms with Crippen LogP contribution in [0.25, 0.3) is 44.2 Å². The maximum atomic E-state index is 2.63. The molecule has 0 aliphatic carbocycles. The number of anilines is 6. The maximum Gasteiger partial charge on any atom is 0.249 e. The number of aromatic nitrogens is 2. The van der Waals surface area contributed by atoms with Gasteiger partial charge in [0.05, 0.1) is 27.8 Å². The highest BCUT2D eigenvalue weighted by atomic mass is 32.2. The minimum absolute atomic E-state index is 0.0317. The Bertz CT molecular complexity index is 3470. The summed E-state index contributed by atoms with van der Waals surface area (Å²) in [6.07, 6.45) is 0. The normalized spacial score (nSPS) is 12.4. The van der Waals surface area contributed by atoms with Gasteiger partial charge in [0, 0.05) is 60.4 Å². The van der Waals surface area contributed by atoms with Gasteiger partial charge >= 0.3 is 0 Å². The van der Waals surface area contributed by atoms with E-state index in [2.05, 4.69) is 244 Å². The molecule has 0 saturated carbocycles. The first-order chi connectivity index (χ1) is 31.2. The highest BCUT2D eigenvalue weighted by molar-refractivity contribution is 8.00. The van der Waals surface area contributed by atoms with Crippen molar-refractivity contribution in [3.05, 3.63) is 224 Å². The second-order valence-corrected chi connectivity index (χ2v) is 17.7. The summed E-state index contributed by atoms with van der Waals surface area (Å²) in [6, 6.07) is 79.9. The molecule has 2 aromatic heterocycles. The van der Waals surface area contributed by atoms with Crippen LogP contribution in [0.2, 0.25) is 0 Å². The molecule has 0 spiro atoms. The van der Waals surface area contributed by atoms with E-state index >= 15 is 0 Å². The highest BCUT2D eigenvalue weighted by Crippen LogP contribution is 2.49. The molecule has 4 heterocycles. The average Bonchev–Trinajstić information content (AvgIpc) is 3.86. The number of hydrogen-bond acceptors (Lipinski definition) is 3. The van der Waals surface area contributed by atoms with Crippen molar-refractivity contribution >= 4 is 102 Å². The predicted molar refractivity (Wildman–Crippen MR) is 267 cm³/mol. The van der Waals surface area contributed by atoms with E-state index in [1.54, 1.807) is 0 Å². The Morgan fingerprint density at radius 3 is 1.62 bits per heavy atom. The van der Waals surface area contributed by atoms with Crippen molar-refractivity contribution in [2.45, 2.75) is 16.7 Å². The summed E-state index contributed by atoms with van der Waals surface area (Å²) in [7, 11) is 0. The summed E-state index contributed by atoms with van der Waals surface area (Å²) in [5.74, 6) is 0. The van der Waals surface area contributed by atoms with Gasteiger partial charge in [-0.25, -0.2) is 0 Å². The van der Waals surface area contributed by atoms with Gasteiger partial charge < -0.3 is 18.9 Å². The van der Waals surface area contributed by atoms with Crippen molar-refractivity contribution < 1.29 is 0 Å². The number of aryl methyl sites for hydroxylation is 1. The summed E-state index contributed by atoms with van der Waals surface area (Å²) < 4.78 is 5.15. The number of fused-ring (bicyclic) bond motifs is 9. The molecule has 2 aliphatic rings. The van der Waals surface area contributed by atoms with Gasteiger partial charge in [-0.05, 0) is 120 Å². The Kier molecular flexibility index (Phi) is 8.12. The van der Waals surface area contributed by atoms with Crippen molar-refractivity contribution in [2.24, 2.45) is 0 Å². The Morgan fingerprint density at radius 2 is 0.984 bits per heavy atom. The fourth-order valence-electron chi connectivity index (χ4n) is 10.4. The molecule has 0 bridgehead atoms. The molecule has 296 valence electrons. The maximum absolute atomic E-state index is 2.63. The lowest BCUT2D eigenvalue weighted by atomic mass is 9.35. The summed E-state index contributed by atoms with van der Waals surface area (Å²) >= 11 is 1.91. The fourth-order valence-corrected chi connectivity index (χ4v) is 11.7. The van der Waals surface area contributed by atoms with E-state index in [1.165, 1.54) is 70.3 Å². The Morgan fingerprint density at radius 1 is 0.429 bits per heavy atom. The lowest BCUT2D eigenvalue weighted by Crippen LogP contribution is -2.58. The molecule has 0 fully saturated rings. The third kappa shape index (κ3) is 5.44. The third-order valence-corrected chi connectivity index (χ3v) is 14.1. The minimum Gasteiger partial charge on any atom is -0.310 e. The van der Waals surface area contributed by atoms with Crippen LogP contribution in [0.1, 0.15) is 5.56 Å². The molecule has 11 aromatic rings. The van der Waals surface area contributed by atoms with Crippen LogP contribution in [0, 0.1) is 6.92 Å². The molecule has 0 unspecified atom stereocenters. The molecule has 0 N–H and O–H groups in total. The molecule has 13 rings (SSSR count). The number of benzene rings is 9. The number of hydrogen-bond donors (Lipinski definition) is 0. The fraction of sp³-hybridized carbons (Fsp3) is 0.0175. The first-order valence-corrected chi connectivity index (χ1v) is 22.5. The first kappa shape index (κ1) is 36.0. The van der Waals surface area contributed by atoms with Gasteiger partial charge in [-0.2, -0.15) is 0 Å². The van der Waals surface area contributed by atoms with E-state index in [9.17, 15) is 0 Å². The van der Waals surface area contributed by atoms with E-state index in [0.717, 1.165) is 39.8 Å². The molecule has 0 saturated heterocycles. The SMILES string of the molecule is Cc1cc2c3c(c1)-n1c4c(ccc(N(c5ccccc5)c5ccccc5)c4c4c1c1ccccc1n4-c1ccccc1)B3c1ccc(N(c3ccccc3)c3ccccc3)cc1S2. The van der Waals surface area contributed by atoms with Gasteiger partial charge in [0.1, 0.15) is 0 Å². The van der Waals surface area contributed by atoms with Gasteiger partial charge in [-0.15, -0.1) is 0 Å². The van der Waals surface area contributed by atoms with Crippen LogP contribution in [0.4, 0.5) is 34.1 Å². The van der Waals surface area contributed by atoms with Crippen molar-refractivity contribution in [2.75, 3.05) is 9.80 Å². The molecule has 0 amide bonds. The van der Waals surface area contributed by atoms with Crippen LogP contribution in [0.5, 0.6) is 0 Å². The van der Waals surface area contributed by atoms with Crippen LogP contribution in [0.15, 0.2) is 228 Å². The Balaban J connectivity index is 1.15. The summed E-state index contributed by atoms with van der Waals surface area (Å²) in [5, 5.41) is 2.47. The van der Waals surface area contributed by atoms with Crippen LogP contribution in [0.3, 0.4) is 0 Å². The van der Waals surface area contributed by atoms with Crippen LogP contribution >= 0.6 is 11.8 Å². The molecule has 0 atom stereocenters. The molecule has 4 nitrogen and oxygen atoms in total. The van der Waals surface area contributed by atoms with Gasteiger partial charge in [-0.3, -0.25) is 0 Å². The Labute approximate surface area is 371 Å². The third-order valence-electron chi connectivity index (χ3n) is 12.9. The highest BCUT2D eigenvalue weighted by Gasteiger charge is 2.42. The van der Waals surface area contributed by atoms with E-state index in [-0.39, 0.29) is 6.71 Å². The van der Waals surface area contributed by atoms with Gasteiger partial charge in [-0.1, -0.05) is 139 Å².